The van der Waals surface area contributed by atoms with Gasteiger partial charge >= 0.3 is 0 Å². The molecule has 1 unspecified atom stereocenters. The van der Waals surface area contributed by atoms with Gasteiger partial charge in [0.25, 0.3) is 8.32 Å². The second-order valence-corrected chi connectivity index (χ2v) is 11.5. The van der Waals surface area contributed by atoms with Gasteiger partial charge in [0.1, 0.15) is 6.10 Å². The van der Waals surface area contributed by atoms with E-state index in [4.69, 9.17) is 4.43 Å². The number of rotatable bonds is 6. The Kier molecular flexibility index (Phi) is 5.78. The fraction of sp³-hybridized carbons (Fsp3) is 0.381. The molecule has 24 heavy (non-hydrogen) atoms. The average molecular weight is 341 g/mol. The zero-order valence-electron chi connectivity index (χ0n) is 15.4. The Hall–Kier alpha value is -1.71. The van der Waals surface area contributed by atoms with Gasteiger partial charge in [0.2, 0.25) is 0 Å². The minimum absolute atomic E-state index is 0.0992. The van der Waals surface area contributed by atoms with E-state index in [0.29, 0.717) is 6.42 Å². The average Bonchev–Trinajstić information content (AvgIpc) is 2.59. The third kappa shape index (κ3) is 3.52. The summed E-state index contributed by atoms with van der Waals surface area (Å²) in [5.41, 5.74) is 0. The molecule has 0 bridgehead atoms. The highest BCUT2D eigenvalue weighted by molar-refractivity contribution is 6.99. The van der Waals surface area contributed by atoms with Gasteiger partial charge in [-0.2, -0.15) is 0 Å². The van der Waals surface area contributed by atoms with Crippen LogP contribution in [0.15, 0.2) is 60.7 Å². The van der Waals surface area contributed by atoms with Crippen LogP contribution in [0.2, 0.25) is 5.04 Å². The molecule has 0 radical (unpaired) electrons. The van der Waals surface area contributed by atoms with E-state index in [2.05, 4.69) is 69.3 Å². The first kappa shape index (κ1) is 18.6. The van der Waals surface area contributed by atoms with Crippen LogP contribution in [0.4, 0.5) is 0 Å². The van der Waals surface area contributed by atoms with Crippen LogP contribution in [0.5, 0.6) is 0 Å². The van der Waals surface area contributed by atoms with Crippen molar-refractivity contribution in [3.8, 4) is 0 Å². The van der Waals surface area contributed by atoms with Gasteiger partial charge in [0.15, 0.2) is 5.78 Å². The minimum Gasteiger partial charge on any atom is -0.398 e. The van der Waals surface area contributed by atoms with Crippen LogP contribution in [0.1, 0.15) is 41.0 Å². The van der Waals surface area contributed by atoms with E-state index < -0.39 is 14.4 Å². The molecular formula is C21H28O2Si. The topological polar surface area (TPSA) is 26.3 Å². The zero-order chi connectivity index (χ0) is 17.8. The van der Waals surface area contributed by atoms with E-state index in [0.717, 1.165) is 0 Å². The van der Waals surface area contributed by atoms with Gasteiger partial charge in [0.05, 0.1) is 0 Å². The van der Waals surface area contributed by atoms with Crippen LogP contribution in [-0.4, -0.2) is 20.2 Å². The van der Waals surface area contributed by atoms with Gasteiger partial charge in [-0.15, -0.1) is 0 Å². The van der Waals surface area contributed by atoms with E-state index in [1.165, 1.54) is 10.4 Å². The van der Waals surface area contributed by atoms with Gasteiger partial charge in [-0.1, -0.05) is 88.4 Å². The van der Waals surface area contributed by atoms with Gasteiger partial charge in [-0.05, 0) is 22.3 Å². The predicted octanol–water partition coefficient (Wildman–Crippen LogP) is 3.93. The first-order valence-corrected chi connectivity index (χ1v) is 10.6. The van der Waals surface area contributed by atoms with Crippen LogP contribution in [0.25, 0.3) is 0 Å². The summed E-state index contributed by atoms with van der Waals surface area (Å²) in [5.74, 6) is 0.156. The summed E-state index contributed by atoms with van der Waals surface area (Å²) < 4.78 is 6.72. The highest BCUT2D eigenvalue weighted by Gasteiger charge is 2.51. The van der Waals surface area contributed by atoms with Crippen LogP contribution in [0, 0.1) is 0 Å². The van der Waals surface area contributed by atoms with Crippen molar-refractivity contribution in [2.75, 3.05) is 0 Å². The Labute approximate surface area is 147 Å². The number of carbonyl (C=O) groups is 1. The van der Waals surface area contributed by atoms with Crippen LogP contribution in [0.3, 0.4) is 0 Å². The lowest BCUT2D eigenvalue weighted by Crippen LogP contribution is -2.68. The number of carbonyl (C=O) groups excluding carboxylic acids is 1. The van der Waals surface area contributed by atoms with Crippen LogP contribution in [-0.2, 0) is 9.22 Å². The standard InChI is InChI=1S/C21H28O2Si/c1-6-20(22)17(2)23-24(21(3,4)5,18-13-9-7-10-14-18)19-15-11-8-12-16-19/h7-17H,6H2,1-5H3. The summed E-state index contributed by atoms with van der Waals surface area (Å²) >= 11 is 0. The summed E-state index contributed by atoms with van der Waals surface area (Å²) in [5, 5.41) is 2.32. The molecule has 2 aromatic carbocycles. The maximum Gasteiger partial charge on any atom is 0.262 e. The first-order valence-electron chi connectivity index (χ1n) is 8.64. The molecule has 3 heteroatoms. The van der Waals surface area contributed by atoms with Crippen molar-refractivity contribution in [1.82, 2.24) is 0 Å². The Balaban J connectivity index is 2.68. The normalized spacial score (nSPS) is 13.5. The molecule has 2 aromatic rings. The molecule has 0 amide bonds. The zero-order valence-corrected chi connectivity index (χ0v) is 16.4. The van der Waals surface area contributed by atoms with Crippen molar-refractivity contribution in [3.63, 3.8) is 0 Å². The highest BCUT2D eigenvalue weighted by Crippen LogP contribution is 2.37. The summed E-state index contributed by atoms with van der Waals surface area (Å²) in [7, 11) is -2.61. The highest BCUT2D eigenvalue weighted by atomic mass is 28.4. The number of hydrogen-bond donors (Lipinski definition) is 0. The molecule has 2 nitrogen and oxygen atoms in total. The van der Waals surface area contributed by atoms with E-state index >= 15 is 0 Å². The minimum atomic E-state index is -2.61. The van der Waals surface area contributed by atoms with Gasteiger partial charge in [0, 0.05) is 6.42 Å². The van der Waals surface area contributed by atoms with Gasteiger partial charge in [-0.25, -0.2) is 0 Å². The smallest absolute Gasteiger partial charge is 0.262 e. The Morgan fingerprint density at radius 3 is 1.71 bits per heavy atom. The third-order valence-corrected chi connectivity index (χ3v) is 9.68. The maximum atomic E-state index is 12.3. The number of Topliss-reactive ketones (excluding diaryl/α,β-unsaturated/α-hetero) is 1. The molecule has 2 rings (SSSR count). The third-order valence-electron chi connectivity index (χ3n) is 4.57. The lowest BCUT2D eigenvalue weighted by molar-refractivity contribution is -0.125. The van der Waals surface area contributed by atoms with E-state index in [1.54, 1.807) is 0 Å². The summed E-state index contributed by atoms with van der Waals surface area (Å²) in [6, 6.07) is 20.9. The molecule has 0 aliphatic heterocycles. The second-order valence-electron chi connectivity index (χ2n) is 7.24. The Morgan fingerprint density at radius 1 is 0.958 bits per heavy atom. The SMILES string of the molecule is CCC(=O)C(C)O[Si](c1ccccc1)(c1ccccc1)C(C)(C)C. The van der Waals surface area contributed by atoms with E-state index in [1.807, 2.05) is 26.0 Å². The summed E-state index contributed by atoms with van der Waals surface area (Å²) in [4.78, 5) is 12.3. The van der Waals surface area contributed by atoms with Crippen LogP contribution >= 0.6 is 0 Å². The number of benzene rings is 2. The molecule has 0 saturated heterocycles. The summed E-state index contributed by atoms with van der Waals surface area (Å²) in [6.07, 6.45) is 0.0978. The molecule has 0 aliphatic carbocycles. The number of hydrogen-bond acceptors (Lipinski definition) is 2. The molecule has 1 atom stereocenters. The van der Waals surface area contributed by atoms with Crippen molar-refractivity contribution >= 4 is 24.5 Å². The molecule has 0 aliphatic rings. The van der Waals surface area contributed by atoms with Crippen molar-refractivity contribution in [2.24, 2.45) is 0 Å². The Bertz CT molecular complexity index is 620. The summed E-state index contributed by atoms with van der Waals surface area (Å²) in [6.45, 7) is 10.5. The van der Waals surface area contributed by atoms with Gasteiger partial charge < -0.3 is 4.43 Å². The molecular weight excluding hydrogens is 312 g/mol. The first-order chi connectivity index (χ1) is 11.3. The molecule has 0 saturated carbocycles. The maximum absolute atomic E-state index is 12.3. The fourth-order valence-corrected chi connectivity index (χ4v) is 7.99. The number of ketones is 1. The lowest BCUT2D eigenvalue weighted by Gasteiger charge is -2.44. The monoisotopic (exact) mass is 340 g/mol. The van der Waals surface area contributed by atoms with Gasteiger partial charge in [-0.3, -0.25) is 4.79 Å². The second kappa shape index (κ2) is 7.45. The molecule has 128 valence electrons. The van der Waals surface area contributed by atoms with E-state index in [-0.39, 0.29) is 10.8 Å². The molecule has 0 N–H and O–H groups in total. The molecule has 0 fully saturated rings. The van der Waals surface area contributed by atoms with Crippen molar-refractivity contribution < 1.29 is 9.22 Å². The van der Waals surface area contributed by atoms with E-state index in [9.17, 15) is 4.79 Å². The van der Waals surface area contributed by atoms with Crippen molar-refractivity contribution in [2.45, 2.75) is 52.2 Å². The van der Waals surface area contributed by atoms with Crippen molar-refractivity contribution in [3.05, 3.63) is 60.7 Å². The quantitative estimate of drug-likeness (QED) is 0.745. The molecule has 0 spiro atoms. The van der Waals surface area contributed by atoms with Crippen LogP contribution < -0.4 is 10.4 Å². The van der Waals surface area contributed by atoms with Crippen molar-refractivity contribution in [1.29, 1.82) is 0 Å². The molecule has 0 aromatic heterocycles. The largest absolute Gasteiger partial charge is 0.398 e. The molecule has 0 heterocycles. The predicted molar refractivity (Wildman–Crippen MR) is 103 cm³/mol. The fourth-order valence-electron chi connectivity index (χ4n) is 3.31. The Morgan fingerprint density at radius 2 is 1.38 bits per heavy atom. The lowest BCUT2D eigenvalue weighted by atomic mass is 10.2.